The third-order valence-corrected chi connectivity index (χ3v) is 3.48. The van der Waals surface area contributed by atoms with Crippen LogP contribution in [0, 0.1) is 5.92 Å². The van der Waals surface area contributed by atoms with Crippen molar-refractivity contribution in [2.45, 2.75) is 45.3 Å². The zero-order valence-electron chi connectivity index (χ0n) is 12.7. The van der Waals surface area contributed by atoms with Gasteiger partial charge in [0.15, 0.2) is 0 Å². The number of carbonyl (C=O) groups is 2. The molecule has 0 bridgehead atoms. The smallest absolute Gasteiger partial charge is 0.326 e. The molecule has 7 nitrogen and oxygen atoms in total. The number of aliphatic hydroxyl groups excluding tert-OH is 1. The molecule has 1 unspecified atom stereocenters. The Morgan fingerprint density at radius 3 is 2.43 bits per heavy atom. The molecule has 0 aromatic heterocycles. The van der Waals surface area contributed by atoms with Gasteiger partial charge in [0.25, 0.3) is 0 Å². The van der Waals surface area contributed by atoms with Gasteiger partial charge < -0.3 is 25.2 Å². The fourth-order valence-corrected chi connectivity index (χ4v) is 2.38. The molecule has 0 spiro atoms. The van der Waals surface area contributed by atoms with Gasteiger partial charge in [-0.1, -0.05) is 13.8 Å². The normalized spacial score (nSPS) is 17.8. The number of carbonyl (C=O) groups excluding carboxylic acids is 1. The lowest BCUT2D eigenvalue weighted by Gasteiger charge is -2.32. The number of nitrogens with one attached hydrogen (secondary N) is 1. The molecule has 2 amide bonds. The van der Waals surface area contributed by atoms with Gasteiger partial charge in [0, 0.05) is 13.1 Å². The summed E-state index contributed by atoms with van der Waals surface area (Å²) in [6.07, 6.45) is 1.88. The summed E-state index contributed by atoms with van der Waals surface area (Å²) < 4.78 is 5.43. The summed E-state index contributed by atoms with van der Waals surface area (Å²) in [5, 5.41) is 20.4. The highest BCUT2D eigenvalue weighted by molar-refractivity contribution is 5.82. The van der Waals surface area contributed by atoms with Gasteiger partial charge in [0.2, 0.25) is 0 Å². The van der Waals surface area contributed by atoms with Gasteiger partial charge in [-0.05, 0) is 25.2 Å². The highest BCUT2D eigenvalue weighted by Crippen LogP contribution is 2.14. The van der Waals surface area contributed by atoms with Crippen molar-refractivity contribution < 1.29 is 24.5 Å². The lowest BCUT2D eigenvalue weighted by Crippen LogP contribution is -2.51. The first kappa shape index (κ1) is 17.7. The lowest BCUT2D eigenvalue weighted by molar-refractivity contribution is -0.139. The number of amides is 2. The molecule has 122 valence electrons. The van der Waals surface area contributed by atoms with Crippen molar-refractivity contribution in [3.8, 4) is 0 Å². The average Bonchev–Trinajstić information content (AvgIpc) is 2.44. The third kappa shape index (κ3) is 6.31. The van der Waals surface area contributed by atoms with Crippen LogP contribution in [0.15, 0.2) is 0 Å². The number of aliphatic hydroxyl groups is 1. The van der Waals surface area contributed by atoms with Crippen molar-refractivity contribution >= 4 is 12.0 Å². The molecule has 1 heterocycles. The molecule has 3 N–H and O–H groups in total. The molecule has 1 aliphatic heterocycles. The lowest BCUT2D eigenvalue weighted by atomic mass is 10.0. The van der Waals surface area contributed by atoms with Crippen molar-refractivity contribution in [3.05, 3.63) is 0 Å². The maximum absolute atomic E-state index is 12.1. The minimum Gasteiger partial charge on any atom is -0.480 e. The molecule has 1 saturated heterocycles. The van der Waals surface area contributed by atoms with Crippen LogP contribution < -0.4 is 5.32 Å². The molecule has 0 saturated carbocycles. The Labute approximate surface area is 125 Å². The van der Waals surface area contributed by atoms with Crippen LogP contribution in [0.5, 0.6) is 0 Å². The molecule has 21 heavy (non-hydrogen) atoms. The molecular formula is C14H26N2O5. The number of nitrogens with zero attached hydrogens (tertiary/aromatic N) is 1. The van der Waals surface area contributed by atoms with Gasteiger partial charge in [-0.2, -0.15) is 0 Å². The average molecular weight is 302 g/mol. The number of piperidine rings is 1. The maximum Gasteiger partial charge on any atom is 0.326 e. The predicted molar refractivity (Wildman–Crippen MR) is 77.0 cm³/mol. The van der Waals surface area contributed by atoms with Crippen molar-refractivity contribution in [1.82, 2.24) is 10.2 Å². The van der Waals surface area contributed by atoms with Crippen LogP contribution in [0.3, 0.4) is 0 Å². The van der Waals surface area contributed by atoms with Crippen molar-refractivity contribution in [2.75, 3.05) is 26.3 Å². The summed E-state index contributed by atoms with van der Waals surface area (Å²) in [5.74, 6) is -0.803. The first-order chi connectivity index (χ1) is 9.93. The second-order valence-electron chi connectivity index (χ2n) is 5.75. The number of hydrogen-bond acceptors (Lipinski definition) is 4. The van der Waals surface area contributed by atoms with E-state index in [0.717, 1.165) is 0 Å². The highest BCUT2D eigenvalue weighted by atomic mass is 16.5. The summed E-state index contributed by atoms with van der Waals surface area (Å²) in [6, 6.07) is -1.18. The summed E-state index contributed by atoms with van der Waals surface area (Å²) in [7, 11) is 0. The third-order valence-electron chi connectivity index (χ3n) is 3.48. The predicted octanol–water partition coefficient (Wildman–Crippen LogP) is 0.669. The minimum absolute atomic E-state index is 0.00378. The molecule has 0 aromatic carbocycles. The second kappa shape index (κ2) is 8.84. The maximum atomic E-state index is 12.1. The summed E-state index contributed by atoms with van der Waals surface area (Å²) >= 11 is 0. The number of hydrogen-bond donors (Lipinski definition) is 3. The molecule has 0 radical (unpaired) electrons. The van der Waals surface area contributed by atoms with Gasteiger partial charge in [-0.3, -0.25) is 0 Å². The van der Waals surface area contributed by atoms with E-state index >= 15 is 0 Å². The largest absolute Gasteiger partial charge is 0.480 e. The van der Waals surface area contributed by atoms with Crippen LogP contribution in [0.1, 0.15) is 33.1 Å². The molecule has 1 aliphatic rings. The van der Waals surface area contributed by atoms with E-state index in [-0.39, 0.29) is 24.7 Å². The zero-order valence-corrected chi connectivity index (χ0v) is 12.7. The number of rotatable bonds is 7. The Morgan fingerprint density at radius 1 is 1.33 bits per heavy atom. The first-order valence-corrected chi connectivity index (χ1v) is 7.44. The molecule has 1 atom stereocenters. The fraction of sp³-hybridized carbons (Fsp3) is 0.857. The summed E-state index contributed by atoms with van der Waals surface area (Å²) in [4.78, 5) is 24.9. The number of ether oxygens (including phenoxy) is 1. The van der Waals surface area contributed by atoms with Gasteiger partial charge >= 0.3 is 12.0 Å². The molecular weight excluding hydrogens is 276 g/mol. The van der Waals surface area contributed by atoms with Crippen molar-refractivity contribution in [1.29, 1.82) is 0 Å². The Kier molecular flexibility index (Phi) is 7.45. The van der Waals surface area contributed by atoms with Crippen LogP contribution in [0.4, 0.5) is 4.79 Å². The monoisotopic (exact) mass is 302 g/mol. The van der Waals surface area contributed by atoms with Crippen molar-refractivity contribution in [3.63, 3.8) is 0 Å². The van der Waals surface area contributed by atoms with Crippen LogP contribution >= 0.6 is 0 Å². The quantitative estimate of drug-likeness (QED) is 0.642. The highest BCUT2D eigenvalue weighted by Gasteiger charge is 2.27. The minimum atomic E-state index is -1.00. The number of urea groups is 1. The van der Waals surface area contributed by atoms with E-state index in [1.165, 1.54) is 0 Å². The number of carboxylic acids is 1. The molecule has 7 heteroatoms. The van der Waals surface area contributed by atoms with E-state index < -0.39 is 12.0 Å². The second-order valence-corrected chi connectivity index (χ2v) is 5.75. The SMILES string of the molecule is CC(C)CC(NC(=O)N1CCC(OCCO)CC1)C(=O)O. The molecule has 1 fully saturated rings. The van der Waals surface area contributed by atoms with Crippen LogP contribution in [-0.4, -0.2) is 65.6 Å². The Bertz CT molecular complexity index is 340. The van der Waals surface area contributed by atoms with Gasteiger partial charge in [0.05, 0.1) is 19.3 Å². The van der Waals surface area contributed by atoms with E-state index in [0.29, 0.717) is 39.0 Å². The van der Waals surface area contributed by atoms with E-state index in [1.54, 1.807) is 4.90 Å². The summed E-state index contributed by atoms with van der Waals surface area (Å²) in [5.41, 5.74) is 0. The van der Waals surface area contributed by atoms with E-state index in [1.807, 2.05) is 13.8 Å². The van der Waals surface area contributed by atoms with Crippen LogP contribution in [0.25, 0.3) is 0 Å². The van der Waals surface area contributed by atoms with E-state index in [9.17, 15) is 9.59 Å². The first-order valence-electron chi connectivity index (χ1n) is 7.44. The van der Waals surface area contributed by atoms with Gasteiger partial charge in [-0.15, -0.1) is 0 Å². The number of aliphatic carboxylic acids is 1. The fourth-order valence-electron chi connectivity index (χ4n) is 2.38. The van der Waals surface area contributed by atoms with E-state index in [4.69, 9.17) is 14.9 Å². The molecule has 0 aliphatic carbocycles. The number of likely N-dealkylation sites (tertiary alicyclic amines) is 1. The van der Waals surface area contributed by atoms with Crippen LogP contribution in [-0.2, 0) is 9.53 Å². The van der Waals surface area contributed by atoms with Gasteiger partial charge in [-0.25, -0.2) is 9.59 Å². The zero-order chi connectivity index (χ0) is 15.8. The Hall–Kier alpha value is -1.34. The Balaban J connectivity index is 2.40. The Morgan fingerprint density at radius 2 is 1.95 bits per heavy atom. The number of carboxylic acid groups (broad SMARTS) is 1. The molecule has 1 rings (SSSR count). The molecule has 0 aromatic rings. The van der Waals surface area contributed by atoms with Crippen LogP contribution in [0.2, 0.25) is 0 Å². The standard InChI is InChI=1S/C14H26N2O5/c1-10(2)9-12(13(18)19)15-14(20)16-5-3-11(4-6-16)21-8-7-17/h10-12,17H,3-9H2,1-2H3,(H,15,20)(H,18,19). The van der Waals surface area contributed by atoms with Gasteiger partial charge in [0.1, 0.15) is 6.04 Å². The summed E-state index contributed by atoms with van der Waals surface area (Å²) in [6.45, 7) is 5.23. The van der Waals surface area contributed by atoms with Crippen molar-refractivity contribution in [2.24, 2.45) is 5.92 Å². The topological polar surface area (TPSA) is 99.1 Å². The van der Waals surface area contributed by atoms with E-state index in [2.05, 4.69) is 5.32 Å².